The summed E-state index contributed by atoms with van der Waals surface area (Å²) in [5.41, 5.74) is -0.403. The zero-order chi connectivity index (χ0) is 19.2. The van der Waals surface area contributed by atoms with Gasteiger partial charge in [0.2, 0.25) is 5.91 Å². The van der Waals surface area contributed by atoms with Gasteiger partial charge in [-0.15, -0.1) is 0 Å². The second-order valence-corrected chi connectivity index (χ2v) is 5.78. The number of carbonyl (C=O) groups is 1. The summed E-state index contributed by atoms with van der Waals surface area (Å²) in [7, 11) is 0. The lowest BCUT2D eigenvalue weighted by Crippen LogP contribution is -2.25. The Morgan fingerprint density at radius 3 is 2.56 bits per heavy atom. The number of amides is 1. The Morgan fingerprint density at radius 1 is 1.07 bits per heavy atom. The highest BCUT2D eigenvalue weighted by molar-refractivity contribution is 5.98. The Labute approximate surface area is 149 Å². The summed E-state index contributed by atoms with van der Waals surface area (Å²) in [4.78, 5) is 16.0. The molecule has 138 valence electrons. The van der Waals surface area contributed by atoms with Crippen LogP contribution in [0.2, 0.25) is 0 Å². The third-order valence-corrected chi connectivity index (χ3v) is 4.02. The molecular weight excluding hydrogens is 368 g/mol. The highest BCUT2D eigenvalue weighted by Crippen LogP contribution is 2.44. The van der Waals surface area contributed by atoms with Gasteiger partial charge < -0.3 is 9.15 Å². The van der Waals surface area contributed by atoms with E-state index < -0.39 is 35.5 Å². The standard InChI is InChI=1S/C18H10F4N2O3/c19-9-5-6-11-13(7-9)27-12-4-2-1-3-10(12)15(11)16(25)24-17-23-14(8-26-17)18(20,21)22/h1-8,15H,(H,23,24,25). The molecule has 0 spiro atoms. The fourth-order valence-corrected chi connectivity index (χ4v) is 2.85. The number of alkyl halides is 3. The van der Waals surface area contributed by atoms with Crippen molar-refractivity contribution in [3.8, 4) is 11.5 Å². The van der Waals surface area contributed by atoms with Gasteiger partial charge in [0, 0.05) is 17.2 Å². The number of carbonyl (C=O) groups excluding carboxylic acids is 1. The van der Waals surface area contributed by atoms with Gasteiger partial charge in [-0.25, -0.2) is 4.39 Å². The number of fused-ring (bicyclic) bond motifs is 2. The Hall–Kier alpha value is -3.36. The van der Waals surface area contributed by atoms with Gasteiger partial charge in [0.25, 0.3) is 0 Å². The number of hydrogen-bond acceptors (Lipinski definition) is 4. The second-order valence-electron chi connectivity index (χ2n) is 5.78. The predicted octanol–water partition coefficient (Wildman–Crippen LogP) is 4.71. The molecule has 1 unspecified atom stereocenters. The van der Waals surface area contributed by atoms with Crippen LogP contribution in [-0.2, 0) is 11.0 Å². The molecule has 0 saturated heterocycles. The van der Waals surface area contributed by atoms with Crippen LogP contribution >= 0.6 is 0 Å². The van der Waals surface area contributed by atoms with Crippen molar-refractivity contribution in [2.24, 2.45) is 0 Å². The van der Waals surface area contributed by atoms with E-state index in [0.29, 0.717) is 23.1 Å². The van der Waals surface area contributed by atoms with Crippen molar-refractivity contribution in [3.05, 3.63) is 71.4 Å². The molecule has 0 radical (unpaired) electrons. The van der Waals surface area contributed by atoms with Crippen LogP contribution in [0.5, 0.6) is 11.5 Å². The van der Waals surface area contributed by atoms with Crippen molar-refractivity contribution in [3.63, 3.8) is 0 Å². The van der Waals surface area contributed by atoms with E-state index in [9.17, 15) is 22.4 Å². The van der Waals surface area contributed by atoms with Gasteiger partial charge in [0.15, 0.2) is 5.69 Å². The summed E-state index contributed by atoms with van der Waals surface area (Å²) >= 11 is 0. The Bertz CT molecular complexity index is 1030. The molecule has 1 aliphatic rings. The maximum atomic E-state index is 13.5. The number of nitrogens with one attached hydrogen (secondary N) is 1. The molecular formula is C18H10F4N2O3. The maximum absolute atomic E-state index is 13.5. The van der Waals surface area contributed by atoms with E-state index >= 15 is 0 Å². The highest BCUT2D eigenvalue weighted by atomic mass is 19.4. The van der Waals surface area contributed by atoms with Gasteiger partial charge in [-0.05, 0) is 12.1 Å². The largest absolute Gasteiger partial charge is 0.457 e. The highest BCUT2D eigenvalue weighted by Gasteiger charge is 2.36. The summed E-state index contributed by atoms with van der Waals surface area (Å²) in [5, 5.41) is 2.23. The summed E-state index contributed by atoms with van der Waals surface area (Å²) in [6.45, 7) is 0. The van der Waals surface area contributed by atoms with E-state index in [0.717, 1.165) is 6.07 Å². The minimum Gasteiger partial charge on any atom is -0.457 e. The zero-order valence-electron chi connectivity index (χ0n) is 13.4. The minimum absolute atomic E-state index is 0.150. The van der Waals surface area contributed by atoms with Gasteiger partial charge in [-0.1, -0.05) is 24.3 Å². The number of oxazole rings is 1. The molecule has 1 atom stereocenters. The lowest BCUT2D eigenvalue weighted by atomic mass is 9.87. The number of nitrogens with zero attached hydrogens (tertiary/aromatic N) is 1. The van der Waals surface area contributed by atoms with Crippen molar-refractivity contribution < 1.29 is 31.5 Å². The topological polar surface area (TPSA) is 64.4 Å². The first kappa shape index (κ1) is 17.1. The molecule has 1 amide bonds. The van der Waals surface area contributed by atoms with Crippen molar-refractivity contribution in [1.82, 2.24) is 4.98 Å². The van der Waals surface area contributed by atoms with E-state index in [2.05, 4.69) is 10.3 Å². The van der Waals surface area contributed by atoms with E-state index in [1.165, 1.54) is 12.1 Å². The van der Waals surface area contributed by atoms with Crippen LogP contribution in [0.15, 0.2) is 53.1 Å². The van der Waals surface area contributed by atoms with Gasteiger partial charge in [0.05, 0.1) is 5.92 Å². The molecule has 0 fully saturated rings. The Kier molecular flexibility index (Phi) is 3.87. The van der Waals surface area contributed by atoms with Crippen LogP contribution in [0.4, 0.5) is 23.6 Å². The minimum atomic E-state index is -4.69. The second kappa shape index (κ2) is 6.11. The number of hydrogen-bond donors (Lipinski definition) is 1. The Morgan fingerprint density at radius 2 is 1.81 bits per heavy atom. The van der Waals surface area contributed by atoms with E-state index in [4.69, 9.17) is 9.15 Å². The predicted molar refractivity (Wildman–Crippen MR) is 84.9 cm³/mol. The molecule has 27 heavy (non-hydrogen) atoms. The molecule has 0 aliphatic carbocycles. The first-order valence-electron chi connectivity index (χ1n) is 7.73. The molecule has 1 N–H and O–H groups in total. The number of ether oxygens (including phenoxy) is 1. The first-order valence-corrected chi connectivity index (χ1v) is 7.73. The molecule has 9 heteroatoms. The van der Waals surface area contributed by atoms with Crippen molar-refractivity contribution >= 4 is 11.9 Å². The van der Waals surface area contributed by atoms with Gasteiger partial charge in [-0.3, -0.25) is 10.1 Å². The molecule has 2 aromatic carbocycles. The molecule has 5 nitrogen and oxygen atoms in total. The van der Waals surface area contributed by atoms with E-state index in [-0.39, 0.29) is 5.75 Å². The number of rotatable bonds is 2. The van der Waals surface area contributed by atoms with Gasteiger partial charge >= 0.3 is 12.2 Å². The number of benzene rings is 2. The third kappa shape index (κ3) is 3.12. The molecule has 0 bridgehead atoms. The normalized spacial score (nSPS) is 15.5. The monoisotopic (exact) mass is 378 g/mol. The van der Waals surface area contributed by atoms with Crippen LogP contribution in [0.1, 0.15) is 22.7 Å². The SMILES string of the molecule is O=C(Nc1nc(C(F)(F)F)co1)C1c2ccccc2Oc2cc(F)ccc21. The number of aromatic nitrogens is 1. The van der Waals surface area contributed by atoms with Crippen molar-refractivity contribution in [2.45, 2.75) is 12.1 Å². The fraction of sp³-hybridized carbons (Fsp3) is 0.111. The number of halogens is 4. The van der Waals surface area contributed by atoms with E-state index in [1.807, 2.05) is 0 Å². The van der Waals surface area contributed by atoms with Crippen LogP contribution in [0.3, 0.4) is 0 Å². The third-order valence-electron chi connectivity index (χ3n) is 4.02. The van der Waals surface area contributed by atoms with Crippen LogP contribution < -0.4 is 10.1 Å². The number of para-hydroxylation sites is 1. The van der Waals surface area contributed by atoms with Crippen LogP contribution in [0.25, 0.3) is 0 Å². The van der Waals surface area contributed by atoms with Crippen molar-refractivity contribution in [1.29, 1.82) is 0 Å². The first-order chi connectivity index (χ1) is 12.8. The lowest BCUT2D eigenvalue weighted by molar-refractivity contribution is -0.141. The summed E-state index contributed by atoms with van der Waals surface area (Å²) in [6, 6.07) is 9.73. The summed E-state index contributed by atoms with van der Waals surface area (Å²) in [6.07, 6.45) is -4.28. The average Bonchev–Trinajstić information content (AvgIpc) is 3.08. The van der Waals surface area contributed by atoms with Crippen LogP contribution in [0, 0.1) is 5.82 Å². The Balaban J connectivity index is 1.70. The van der Waals surface area contributed by atoms with Gasteiger partial charge in [-0.2, -0.15) is 18.2 Å². The molecule has 0 saturated carbocycles. The number of anilines is 1. The smallest absolute Gasteiger partial charge is 0.436 e. The molecule has 2 heterocycles. The van der Waals surface area contributed by atoms with Crippen molar-refractivity contribution in [2.75, 3.05) is 5.32 Å². The van der Waals surface area contributed by atoms with E-state index in [1.54, 1.807) is 24.3 Å². The lowest BCUT2D eigenvalue weighted by Gasteiger charge is -2.27. The summed E-state index contributed by atoms with van der Waals surface area (Å²) in [5.74, 6) is -1.67. The summed E-state index contributed by atoms with van der Waals surface area (Å²) < 4.78 is 61.8. The zero-order valence-corrected chi connectivity index (χ0v) is 13.4. The quantitative estimate of drug-likeness (QED) is 0.656. The van der Waals surface area contributed by atoms with Gasteiger partial charge in [0.1, 0.15) is 23.6 Å². The molecule has 1 aromatic heterocycles. The molecule has 3 aromatic rings. The average molecular weight is 378 g/mol. The molecule has 4 rings (SSSR count). The fourth-order valence-electron chi connectivity index (χ4n) is 2.85. The van der Waals surface area contributed by atoms with Crippen LogP contribution in [-0.4, -0.2) is 10.9 Å². The molecule has 1 aliphatic heterocycles. The maximum Gasteiger partial charge on any atom is 0.436 e.